The van der Waals surface area contributed by atoms with Crippen LogP contribution in [0.5, 0.6) is 0 Å². The van der Waals surface area contributed by atoms with Crippen LogP contribution in [0.25, 0.3) is 0 Å². The largest absolute Gasteiger partial charge is 0.384 e. The molecule has 6 heteroatoms. The molecule has 20 heavy (non-hydrogen) atoms. The Morgan fingerprint density at radius 1 is 1.25 bits per heavy atom. The monoisotopic (exact) mass is 288 g/mol. The number of rotatable bonds is 2. The number of amides is 1. The van der Waals surface area contributed by atoms with E-state index in [-0.39, 0.29) is 24.1 Å². The van der Waals surface area contributed by atoms with Crippen molar-refractivity contribution in [3.63, 3.8) is 0 Å². The standard InChI is InChI=1S/C14H12N4O.ClH/c15-13(16)9-5-6-12(17-7-9)18-8-10-3-1-2-4-11(10)14(18)19;/h1-7H,8H2,(H3,15,16);1H. The van der Waals surface area contributed by atoms with Crippen molar-refractivity contribution in [1.29, 1.82) is 5.41 Å². The molecular weight excluding hydrogens is 276 g/mol. The lowest BCUT2D eigenvalue weighted by Crippen LogP contribution is -2.24. The van der Waals surface area contributed by atoms with E-state index in [0.29, 0.717) is 17.9 Å². The highest BCUT2D eigenvalue weighted by atomic mass is 35.5. The zero-order chi connectivity index (χ0) is 13.4. The number of hydrogen-bond donors (Lipinski definition) is 2. The van der Waals surface area contributed by atoms with Gasteiger partial charge in [-0.05, 0) is 23.8 Å². The van der Waals surface area contributed by atoms with E-state index in [1.54, 1.807) is 17.0 Å². The SMILES string of the molecule is Cl.N=C(N)c1ccc(N2Cc3ccccc3C2=O)nc1. The summed E-state index contributed by atoms with van der Waals surface area (Å²) in [4.78, 5) is 18.1. The van der Waals surface area contributed by atoms with Crippen molar-refractivity contribution >= 4 is 30.0 Å². The average Bonchev–Trinajstić information content (AvgIpc) is 2.77. The van der Waals surface area contributed by atoms with Gasteiger partial charge in [-0.2, -0.15) is 0 Å². The van der Waals surface area contributed by atoms with Gasteiger partial charge in [0.15, 0.2) is 0 Å². The van der Waals surface area contributed by atoms with Crippen LogP contribution in [-0.4, -0.2) is 16.7 Å². The lowest BCUT2D eigenvalue weighted by Gasteiger charge is -2.14. The van der Waals surface area contributed by atoms with Crippen molar-refractivity contribution in [2.75, 3.05) is 4.90 Å². The van der Waals surface area contributed by atoms with Gasteiger partial charge in [0.2, 0.25) is 0 Å². The highest BCUT2D eigenvalue weighted by molar-refractivity contribution is 6.09. The van der Waals surface area contributed by atoms with E-state index in [9.17, 15) is 4.79 Å². The van der Waals surface area contributed by atoms with Gasteiger partial charge < -0.3 is 5.73 Å². The maximum absolute atomic E-state index is 12.2. The molecule has 1 aromatic heterocycles. The average molecular weight is 289 g/mol. The molecule has 0 bridgehead atoms. The lowest BCUT2D eigenvalue weighted by atomic mass is 10.1. The Kier molecular flexibility index (Phi) is 3.72. The molecule has 1 aliphatic rings. The second kappa shape index (κ2) is 5.30. The molecule has 1 aromatic carbocycles. The molecule has 0 unspecified atom stereocenters. The van der Waals surface area contributed by atoms with Gasteiger partial charge in [-0.15, -0.1) is 12.4 Å². The van der Waals surface area contributed by atoms with Gasteiger partial charge >= 0.3 is 0 Å². The first-order chi connectivity index (χ1) is 9.16. The number of nitrogens with zero attached hydrogens (tertiary/aromatic N) is 2. The van der Waals surface area contributed by atoms with Crippen molar-refractivity contribution in [3.05, 3.63) is 59.3 Å². The summed E-state index contributed by atoms with van der Waals surface area (Å²) in [5.41, 5.74) is 7.65. The molecule has 0 saturated carbocycles. The van der Waals surface area contributed by atoms with E-state index in [1.165, 1.54) is 6.20 Å². The maximum Gasteiger partial charge on any atom is 0.260 e. The van der Waals surface area contributed by atoms with Gasteiger partial charge in [-0.25, -0.2) is 4.98 Å². The molecule has 0 saturated heterocycles. The Labute approximate surface area is 122 Å². The number of carbonyl (C=O) groups is 1. The second-order valence-electron chi connectivity index (χ2n) is 4.37. The molecule has 5 nitrogen and oxygen atoms in total. The Balaban J connectivity index is 0.00000147. The predicted molar refractivity (Wildman–Crippen MR) is 79.5 cm³/mol. The minimum Gasteiger partial charge on any atom is -0.384 e. The number of hydrogen-bond acceptors (Lipinski definition) is 3. The number of nitrogens with two attached hydrogens (primary N) is 1. The van der Waals surface area contributed by atoms with Crippen LogP contribution in [0.3, 0.4) is 0 Å². The molecule has 0 spiro atoms. The molecule has 1 aliphatic heterocycles. The molecule has 2 aromatic rings. The summed E-state index contributed by atoms with van der Waals surface area (Å²) in [7, 11) is 0. The van der Waals surface area contributed by atoms with Crippen molar-refractivity contribution in [2.45, 2.75) is 6.54 Å². The van der Waals surface area contributed by atoms with E-state index in [4.69, 9.17) is 11.1 Å². The molecule has 0 radical (unpaired) electrons. The van der Waals surface area contributed by atoms with Crippen LogP contribution in [0.15, 0.2) is 42.6 Å². The van der Waals surface area contributed by atoms with Crippen molar-refractivity contribution in [3.8, 4) is 0 Å². The molecule has 3 N–H and O–H groups in total. The van der Waals surface area contributed by atoms with E-state index in [2.05, 4.69) is 4.98 Å². The normalized spacial score (nSPS) is 12.8. The third-order valence-corrected chi connectivity index (χ3v) is 3.16. The zero-order valence-corrected chi connectivity index (χ0v) is 11.4. The lowest BCUT2D eigenvalue weighted by molar-refractivity contribution is 0.0996. The first kappa shape index (κ1) is 14.0. The van der Waals surface area contributed by atoms with Crippen LogP contribution in [0.2, 0.25) is 0 Å². The smallest absolute Gasteiger partial charge is 0.260 e. The highest BCUT2D eigenvalue weighted by Gasteiger charge is 2.28. The fraction of sp³-hybridized carbons (Fsp3) is 0.0714. The summed E-state index contributed by atoms with van der Waals surface area (Å²) in [5.74, 6) is 0.500. The Hall–Kier alpha value is -2.40. The first-order valence-corrected chi connectivity index (χ1v) is 5.87. The molecule has 3 rings (SSSR count). The number of halogens is 1. The van der Waals surface area contributed by atoms with Gasteiger partial charge in [0.1, 0.15) is 11.7 Å². The van der Waals surface area contributed by atoms with Crippen LogP contribution in [0, 0.1) is 5.41 Å². The summed E-state index contributed by atoms with van der Waals surface area (Å²) < 4.78 is 0. The van der Waals surface area contributed by atoms with Crippen LogP contribution < -0.4 is 10.6 Å². The molecule has 102 valence electrons. The number of nitrogen functional groups attached to an aromatic ring is 1. The number of amidine groups is 1. The molecular formula is C14H13ClN4O. The summed E-state index contributed by atoms with van der Waals surface area (Å²) in [6, 6.07) is 10.9. The van der Waals surface area contributed by atoms with E-state index < -0.39 is 0 Å². The third-order valence-electron chi connectivity index (χ3n) is 3.16. The summed E-state index contributed by atoms with van der Waals surface area (Å²) >= 11 is 0. The van der Waals surface area contributed by atoms with Crippen LogP contribution >= 0.6 is 12.4 Å². The summed E-state index contributed by atoms with van der Waals surface area (Å²) in [5, 5.41) is 7.32. The fourth-order valence-electron chi connectivity index (χ4n) is 2.14. The number of nitrogens with one attached hydrogen (secondary N) is 1. The van der Waals surface area contributed by atoms with Gasteiger partial charge in [0.05, 0.1) is 6.54 Å². The number of anilines is 1. The third kappa shape index (κ3) is 2.23. The van der Waals surface area contributed by atoms with Gasteiger partial charge in [0, 0.05) is 17.3 Å². The predicted octanol–water partition coefficient (Wildman–Crippen LogP) is 1.95. The molecule has 0 aliphatic carbocycles. The van der Waals surface area contributed by atoms with Crippen LogP contribution in [0.1, 0.15) is 21.5 Å². The number of aromatic nitrogens is 1. The first-order valence-electron chi connectivity index (χ1n) is 5.87. The quantitative estimate of drug-likeness (QED) is 0.654. The Morgan fingerprint density at radius 3 is 2.60 bits per heavy atom. The Morgan fingerprint density at radius 2 is 2.00 bits per heavy atom. The Bertz CT molecular complexity index is 669. The topological polar surface area (TPSA) is 83.1 Å². The number of carbonyl (C=O) groups excluding carboxylic acids is 1. The van der Waals surface area contributed by atoms with Crippen molar-refractivity contribution in [2.24, 2.45) is 5.73 Å². The summed E-state index contributed by atoms with van der Waals surface area (Å²) in [6.45, 7) is 0.529. The molecule has 0 fully saturated rings. The van der Waals surface area contributed by atoms with Gasteiger partial charge in [-0.1, -0.05) is 18.2 Å². The highest BCUT2D eigenvalue weighted by Crippen LogP contribution is 2.26. The van der Waals surface area contributed by atoms with E-state index in [0.717, 1.165) is 11.1 Å². The van der Waals surface area contributed by atoms with Crippen LogP contribution in [-0.2, 0) is 6.54 Å². The van der Waals surface area contributed by atoms with Crippen molar-refractivity contribution < 1.29 is 4.79 Å². The second-order valence-corrected chi connectivity index (χ2v) is 4.37. The number of fused-ring (bicyclic) bond motifs is 1. The number of pyridine rings is 1. The van der Waals surface area contributed by atoms with Gasteiger partial charge in [0.25, 0.3) is 5.91 Å². The maximum atomic E-state index is 12.2. The molecule has 2 heterocycles. The van der Waals surface area contributed by atoms with E-state index >= 15 is 0 Å². The minimum atomic E-state index is -0.0429. The van der Waals surface area contributed by atoms with Crippen LogP contribution in [0.4, 0.5) is 5.82 Å². The van der Waals surface area contributed by atoms with Crippen molar-refractivity contribution in [1.82, 2.24) is 4.98 Å². The molecule has 1 amide bonds. The van der Waals surface area contributed by atoms with Gasteiger partial charge in [-0.3, -0.25) is 15.1 Å². The minimum absolute atomic E-state index is 0. The fourth-order valence-corrected chi connectivity index (χ4v) is 2.14. The number of benzene rings is 1. The van der Waals surface area contributed by atoms with E-state index in [1.807, 2.05) is 24.3 Å². The summed E-state index contributed by atoms with van der Waals surface area (Å²) in [6.07, 6.45) is 1.51. The molecule has 0 atom stereocenters. The zero-order valence-electron chi connectivity index (χ0n) is 10.5.